The molecule has 4 heteroatoms. The smallest absolute Gasteiger partial charge is 0.160 e. The van der Waals surface area contributed by atoms with Crippen LogP contribution in [0.25, 0.3) is 0 Å². The third-order valence-electron chi connectivity index (χ3n) is 1.68. The molecule has 72 valence electrons. The van der Waals surface area contributed by atoms with E-state index >= 15 is 0 Å². The summed E-state index contributed by atoms with van der Waals surface area (Å²) in [7, 11) is 1.22. The Bertz CT molecular complexity index is 278. The van der Waals surface area contributed by atoms with Crippen molar-refractivity contribution >= 4 is 32.8 Å². The van der Waals surface area contributed by atoms with E-state index in [9.17, 15) is 5.11 Å². The van der Waals surface area contributed by atoms with Crippen molar-refractivity contribution in [2.24, 2.45) is 0 Å². The van der Waals surface area contributed by atoms with Crippen LogP contribution in [0, 0.1) is 3.57 Å². The van der Waals surface area contributed by atoms with E-state index in [1.807, 2.05) is 12.1 Å². The normalized spacial score (nSPS) is 10.2. The molecular formula is C9H13IO2Si. The molecule has 13 heavy (non-hydrogen) atoms. The molecule has 0 aliphatic heterocycles. The van der Waals surface area contributed by atoms with Gasteiger partial charge < -0.3 is 9.84 Å². The van der Waals surface area contributed by atoms with Crippen LogP contribution in [0.4, 0.5) is 0 Å². The second-order valence-corrected chi connectivity index (χ2v) is 5.06. The summed E-state index contributed by atoms with van der Waals surface area (Å²) in [5.41, 5.74) is 0. The van der Waals surface area contributed by atoms with Crippen molar-refractivity contribution in [2.75, 3.05) is 6.61 Å². The highest BCUT2D eigenvalue weighted by atomic mass is 127. The predicted octanol–water partition coefficient (Wildman–Crippen LogP) is 1.55. The summed E-state index contributed by atoms with van der Waals surface area (Å²) in [5, 5.41) is 9.47. The van der Waals surface area contributed by atoms with E-state index in [-0.39, 0.29) is 5.75 Å². The zero-order valence-electron chi connectivity index (χ0n) is 7.59. The maximum Gasteiger partial charge on any atom is 0.160 e. The highest BCUT2D eigenvalue weighted by Gasteiger charge is 2.01. The van der Waals surface area contributed by atoms with E-state index < -0.39 is 0 Å². The molecule has 0 unspecified atom stereocenters. The summed E-state index contributed by atoms with van der Waals surface area (Å²) >= 11 is 2.16. The molecule has 0 aliphatic carbocycles. The average Bonchev–Trinajstić information content (AvgIpc) is 2.09. The Morgan fingerprint density at radius 3 is 2.85 bits per heavy atom. The number of phenolic OH excluding ortho intramolecular Hbond substituents is 1. The second kappa shape index (κ2) is 5.49. The molecule has 0 saturated carbocycles. The van der Waals surface area contributed by atoms with Gasteiger partial charge in [0.25, 0.3) is 0 Å². The standard InChI is InChI=1S/C9H13IO2Si/c10-7-2-3-9(8(11)6-7)12-4-1-5-13/h2-3,6,11H,1,4-5H2,13H3. The van der Waals surface area contributed by atoms with Gasteiger partial charge in [-0.2, -0.15) is 0 Å². The molecule has 0 aromatic heterocycles. The third kappa shape index (κ3) is 3.56. The van der Waals surface area contributed by atoms with Gasteiger partial charge in [-0.15, -0.1) is 0 Å². The Morgan fingerprint density at radius 2 is 2.23 bits per heavy atom. The monoisotopic (exact) mass is 308 g/mol. The molecule has 2 nitrogen and oxygen atoms in total. The lowest BCUT2D eigenvalue weighted by atomic mass is 10.3. The molecule has 0 aliphatic rings. The van der Waals surface area contributed by atoms with Crippen molar-refractivity contribution < 1.29 is 9.84 Å². The molecule has 0 heterocycles. The van der Waals surface area contributed by atoms with Gasteiger partial charge in [0.2, 0.25) is 0 Å². The molecule has 0 saturated heterocycles. The van der Waals surface area contributed by atoms with Crippen LogP contribution >= 0.6 is 22.6 Å². The fraction of sp³-hybridized carbons (Fsp3) is 0.333. The molecule has 1 rings (SSSR count). The number of hydrogen-bond donors (Lipinski definition) is 1. The van der Waals surface area contributed by atoms with Crippen LogP contribution in [0.3, 0.4) is 0 Å². The van der Waals surface area contributed by atoms with Crippen LogP contribution in [-0.4, -0.2) is 22.0 Å². The maximum atomic E-state index is 9.47. The van der Waals surface area contributed by atoms with E-state index in [0.717, 1.165) is 9.99 Å². The van der Waals surface area contributed by atoms with Crippen molar-refractivity contribution in [1.29, 1.82) is 0 Å². The number of ether oxygens (including phenoxy) is 1. The largest absolute Gasteiger partial charge is 0.504 e. The van der Waals surface area contributed by atoms with Gasteiger partial charge in [0.1, 0.15) is 0 Å². The van der Waals surface area contributed by atoms with Gasteiger partial charge in [-0.3, -0.25) is 0 Å². The first-order valence-electron chi connectivity index (χ1n) is 4.35. The van der Waals surface area contributed by atoms with Gasteiger partial charge in [-0.25, -0.2) is 0 Å². The Morgan fingerprint density at radius 1 is 1.46 bits per heavy atom. The zero-order valence-corrected chi connectivity index (χ0v) is 11.7. The van der Waals surface area contributed by atoms with Gasteiger partial charge in [-0.05, 0) is 47.2 Å². The van der Waals surface area contributed by atoms with Gasteiger partial charge >= 0.3 is 0 Å². The van der Waals surface area contributed by atoms with Crippen LogP contribution < -0.4 is 4.74 Å². The molecule has 1 N–H and O–H groups in total. The highest BCUT2D eigenvalue weighted by molar-refractivity contribution is 14.1. The Labute approximate surface area is 94.9 Å². The number of halogens is 1. The van der Waals surface area contributed by atoms with Crippen molar-refractivity contribution in [3.8, 4) is 11.5 Å². The van der Waals surface area contributed by atoms with Crippen molar-refractivity contribution in [2.45, 2.75) is 12.5 Å². The number of hydrogen-bond acceptors (Lipinski definition) is 2. The summed E-state index contributed by atoms with van der Waals surface area (Å²) in [6, 6.07) is 6.68. The average molecular weight is 308 g/mol. The lowest BCUT2D eigenvalue weighted by Crippen LogP contribution is -1.96. The first kappa shape index (κ1) is 10.8. The SMILES string of the molecule is Oc1cc(I)ccc1OCCC[SiH3]. The minimum Gasteiger partial charge on any atom is -0.504 e. The van der Waals surface area contributed by atoms with Crippen LogP contribution in [0.2, 0.25) is 6.04 Å². The molecule has 0 bridgehead atoms. The van der Waals surface area contributed by atoms with Gasteiger partial charge in [0.05, 0.1) is 6.61 Å². The Kier molecular flexibility index (Phi) is 4.58. The van der Waals surface area contributed by atoms with Crippen LogP contribution in [0.1, 0.15) is 6.42 Å². The number of aromatic hydroxyl groups is 1. The van der Waals surface area contributed by atoms with E-state index in [1.165, 1.54) is 16.3 Å². The summed E-state index contributed by atoms with van der Waals surface area (Å²) in [6.45, 7) is 0.706. The van der Waals surface area contributed by atoms with Crippen molar-refractivity contribution in [3.05, 3.63) is 21.8 Å². The molecule has 0 amide bonds. The minimum atomic E-state index is 0.236. The molecular weight excluding hydrogens is 295 g/mol. The topological polar surface area (TPSA) is 29.5 Å². The third-order valence-corrected chi connectivity index (χ3v) is 3.05. The van der Waals surface area contributed by atoms with Crippen LogP contribution in [0.15, 0.2) is 18.2 Å². The number of rotatable bonds is 4. The maximum absolute atomic E-state index is 9.47. The summed E-state index contributed by atoms with van der Waals surface area (Å²) in [6.07, 6.45) is 1.08. The molecule has 1 aromatic carbocycles. The number of phenols is 1. The van der Waals surface area contributed by atoms with Crippen molar-refractivity contribution in [3.63, 3.8) is 0 Å². The summed E-state index contributed by atoms with van der Waals surface area (Å²) in [5.74, 6) is 0.829. The molecule has 0 fully saturated rings. The fourth-order valence-corrected chi connectivity index (χ4v) is 1.70. The summed E-state index contributed by atoms with van der Waals surface area (Å²) in [4.78, 5) is 0. The first-order chi connectivity index (χ1) is 6.24. The Balaban J connectivity index is 2.56. The number of benzene rings is 1. The quantitative estimate of drug-likeness (QED) is 0.519. The van der Waals surface area contributed by atoms with Crippen LogP contribution in [0.5, 0.6) is 11.5 Å². The first-order valence-corrected chi connectivity index (χ1v) is 6.84. The van der Waals surface area contributed by atoms with Gasteiger partial charge in [-0.1, -0.05) is 6.04 Å². The molecule has 1 aromatic rings. The molecule has 0 spiro atoms. The van der Waals surface area contributed by atoms with E-state index in [0.29, 0.717) is 12.4 Å². The van der Waals surface area contributed by atoms with Crippen LogP contribution in [-0.2, 0) is 0 Å². The Hall–Kier alpha value is -0.233. The van der Waals surface area contributed by atoms with E-state index in [4.69, 9.17) is 4.74 Å². The molecule has 0 atom stereocenters. The highest BCUT2D eigenvalue weighted by Crippen LogP contribution is 2.27. The van der Waals surface area contributed by atoms with E-state index in [2.05, 4.69) is 22.6 Å². The lowest BCUT2D eigenvalue weighted by Gasteiger charge is -2.06. The zero-order chi connectivity index (χ0) is 9.68. The molecule has 0 radical (unpaired) electrons. The fourth-order valence-electron chi connectivity index (χ4n) is 0.939. The lowest BCUT2D eigenvalue weighted by molar-refractivity contribution is 0.299. The predicted molar refractivity (Wildman–Crippen MR) is 65.7 cm³/mol. The summed E-state index contributed by atoms with van der Waals surface area (Å²) < 4.78 is 6.42. The van der Waals surface area contributed by atoms with Gasteiger partial charge in [0, 0.05) is 13.8 Å². The second-order valence-electron chi connectivity index (χ2n) is 2.81. The van der Waals surface area contributed by atoms with Gasteiger partial charge in [0.15, 0.2) is 11.5 Å². The minimum absolute atomic E-state index is 0.236. The van der Waals surface area contributed by atoms with E-state index in [1.54, 1.807) is 6.07 Å². The van der Waals surface area contributed by atoms with Crippen molar-refractivity contribution in [1.82, 2.24) is 0 Å².